The SMILES string of the molecule is BC(B)(B)n1cc(-c2cnc3cnc(NC(=O)c4ccnc(N5CCN(C)CC5)c4)cc3c2)cn1. The highest BCUT2D eigenvalue weighted by atomic mass is 16.1. The summed E-state index contributed by atoms with van der Waals surface area (Å²) in [5.74, 6) is 1.08. The van der Waals surface area contributed by atoms with Crippen LogP contribution in [-0.4, -0.2) is 92.3 Å². The van der Waals surface area contributed by atoms with Gasteiger partial charge in [0.25, 0.3) is 5.91 Å². The summed E-state index contributed by atoms with van der Waals surface area (Å²) in [6, 6.07) is 7.46. The van der Waals surface area contributed by atoms with Gasteiger partial charge < -0.3 is 15.1 Å². The summed E-state index contributed by atoms with van der Waals surface area (Å²) in [6.07, 6.45) is 9.05. The van der Waals surface area contributed by atoms with E-state index in [0.717, 1.165) is 54.0 Å². The molecule has 0 aliphatic carbocycles. The van der Waals surface area contributed by atoms with Gasteiger partial charge in [0, 0.05) is 66.8 Å². The Labute approximate surface area is 207 Å². The third-order valence-electron chi connectivity index (χ3n) is 6.25. The number of aromatic nitrogens is 5. The van der Waals surface area contributed by atoms with Gasteiger partial charge in [-0.05, 0) is 36.6 Å². The molecule has 12 heteroatoms. The highest BCUT2D eigenvalue weighted by Crippen LogP contribution is 2.24. The van der Waals surface area contributed by atoms with Crippen LogP contribution in [0.4, 0.5) is 11.6 Å². The molecule has 5 heterocycles. The highest BCUT2D eigenvalue weighted by Gasteiger charge is 2.18. The van der Waals surface area contributed by atoms with Crippen LogP contribution in [0.5, 0.6) is 0 Å². The largest absolute Gasteiger partial charge is 0.354 e. The summed E-state index contributed by atoms with van der Waals surface area (Å²) in [4.78, 5) is 30.9. The maximum atomic E-state index is 13.0. The van der Waals surface area contributed by atoms with E-state index in [0.29, 0.717) is 11.4 Å². The van der Waals surface area contributed by atoms with Crippen molar-refractivity contribution in [1.29, 1.82) is 0 Å². The number of piperazine rings is 1. The molecular weight excluding hydrogens is 437 g/mol. The molecule has 0 unspecified atom stereocenters. The van der Waals surface area contributed by atoms with Gasteiger partial charge in [0.2, 0.25) is 0 Å². The zero-order chi connectivity index (χ0) is 24.6. The zero-order valence-corrected chi connectivity index (χ0v) is 20.6. The van der Waals surface area contributed by atoms with Gasteiger partial charge in [-0.3, -0.25) is 14.5 Å². The van der Waals surface area contributed by atoms with Gasteiger partial charge in [-0.2, -0.15) is 5.10 Å². The van der Waals surface area contributed by atoms with Crippen molar-refractivity contribution in [2.75, 3.05) is 43.4 Å². The molecule has 174 valence electrons. The Hall–Kier alpha value is -3.66. The van der Waals surface area contributed by atoms with Gasteiger partial charge >= 0.3 is 0 Å². The summed E-state index contributed by atoms with van der Waals surface area (Å²) in [5.41, 5.74) is 3.26. The maximum Gasteiger partial charge on any atom is 0.257 e. The third kappa shape index (κ3) is 5.07. The summed E-state index contributed by atoms with van der Waals surface area (Å²) >= 11 is 0. The number of hydrogen-bond donors (Lipinski definition) is 1. The average molecular weight is 464 g/mol. The lowest BCUT2D eigenvalue weighted by Crippen LogP contribution is -2.44. The van der Waals surface area contributed by atoms with Crippen molar-refractivity contribution in [3.8, 4) is 11.1 Å². The summed E-state index contributed by atoms with van der Waals surface area (Å²) < 4.78 is 1.94. The van der Waals surface area contributed by atoms with Crippen LogP contribution in [-0.2, 0) is 5.24 Å². The normalized spacial score (nSPS) is 14.8. The molecule has 5 rings (SSSR count). The number of carbonyl (C=O) groups excluding carboxylic acids is 1. The van der Waals surface area contributed by atoms with Gasteiger partial charge in [0.15, 0.2) is 0 Å². The van der Waals surface area contributed by atoms with E-state index in [-0.39, 0.29) is 11.1 Å². The van der Waals surface area contributed by atoms with Gasteiger partial charge in [-0.1, -0.05) is 0 Å². The number of amides is 1. The Morgan fingerprint density at radius 2 is 1.77 bits per heavy atom. The zero-order valence-electron chi connectivity index (χ0n) is 20.6. The number of fused-ring (bicyclic) bond motifs is 1. The molecule has 1 N–H and O–H groups in total. The van der Waals surface area contributed by atoms with Gasteiger partial charge in [0.1, 0.15) is 35.2 Å². The van der Waals surface area contributed by atoms with Crippen molar-refractivity contribution < 1.29 is 4.79 Å². The number of likely N-dealkylation sites (N-methyl/N-ethyl adjacent to an activating group) is 1. The molecule has 0 atom stereocenters. The molecule has 9 nitrogen and oxygen atoms in total. The lowest BCUT2D eigenvalue weighted by Gasteiger charge is -2.33. The van der Waals surface area contributed by atoms with Crippen molar-refractivity contribution >= 4 is 52.0 Å². The van der Waals surface area contributed by atoms with E-state index in [1.807, 2.05) is 41.5 Å². The average Bonchev–Trinajstić information content (AvgIpc) is 3.35. The summed E-state index contributed by atoms with van der Waals surface area (Å²) in [7, 11) is 8.45. The van der Waals surface area contributed by atoms with Crippen LogP contribution >= 0.6 is 0 Å². The van der Waals surface area contributed by atoms with E-state index in [9.17, 15) is 4.79 Å². The van der Waals surface area contributed by atoms with Crippen LogP contribution in [0, 0.1) is 0 Å². The van der Waals surface area contributed by atoms with Crippen LogP contribution in [0.1, 0.15) is 10.4 Å². The van der Waals surface area contributed by atoms with Gasteiger partial charge in [-0.15, -0.1) is 0 Å². The second kappa shape index (κ2) is 9.18. The smallest absolute Gasteiger partial charge is 0.257 e. The molecule has 4 aromatic heterocycles. The molecule has 0 radical (unpaired) electrons. The molecule has 0 spiro atoms. The van der Waals surface area contributed by atoms with E-state index < -0.39 is 0 Å². The first-order valence-corrected chi connectivity index (χ1v) is 11.8. The molecule has 0 aromatic carbocycles. The van der Waals surface area contributed by atoms with Crippen LogP contribution in [0.25, 0.3) is 22.0 Å². The van der Waals surface area contributed by atoms with E-state index in [1.165, 1.54) is 0 Å². The van der Waals surface area contributed by atoms with Gasteiger partial charge in [0.05, 0.1) is 17.9 Å². The number of pyridine rings is 3. The number of hydrogen-bond acceptors (Lipinski definition) is 7. The Morgan fingerprint density at radius 1 is 0.971 bits per heavy atom. The number of nitrogens with one attached hydrogen (secondary N) is 1. The summed E-state index contributed by atoms with van der Waals surface area (Å²) in [5, 5.41) is 8.21. The fourth-order valence-electron chi connectivity index (χ4n) is 4.05. The molecule has 1 aliphatic rings. The molecule has 35 heavy (non-hydrogen) atoms. The lowest BCUT2D eigenvalue weighted by atomic mass is 9.49. The first-order chi connectivity index (χ1) is 16.8. The minimum atomic E-state index is -0.217. The van der Waals surface area contributed by atoms with E-state index in [1.54, 1.807) is 18.5 Å². The molecule has 1 amide bonds. The molecule has 4 aromatic rings. The van der Waals surface area contributed by atoms with Crippen molar-refractivity contribution in [2.24, 2.45) is 0 Å². The monoisotopic (exact) mass is 464 g/mol. The molecule has 1 aliphatic heterocycles. The molecule has 0 saturated carbocycles. The Bertz CT molecular complexity index is 1380. The van der Waals surface area contributed by atoms with Crippen molar-refractivity contribution in [1.82, 2.24) is 29.6 Å². The quantitative estimate of drug-likeness (QED) is 0.393. The highest BCUT2D eigenvalue weighted by molar-refractivity contribution is 6.56. The Balaban J connectivity index is 1.35. The van der Waals surface area contributed by atoms with Crippen LogP contribution < -0.4 is 10.2 Å². The van der Waals surface area contributed by atoms with E-state index in [4.69, 9.17) is 0 Å². The number of carbonyl (C=O) groups is 1. The minimum absolute atomic E-state index is 0.0962. The van der Waals surface area contributed by atoms with E-state index in [2.05, 4.69) is 65.8 Å². The fraction of sp³-hybridized carbons (Fsp3) is 0.261. The van der Waals surface area contributed by atoms with E-state index >= 15 is 0 Å². The maximum absolute atomic E-state index is 13.0. The molecule has 1 saturated heterocycles. The number of anilines is 2. The summed E-state index contributed by atoms with van der Waals surface area (Å²) in [6.45, 7) is 3.74. The minimum Gasteiger partial charge on any atom is -0.354 e. The second-order valence-corrected chi connectivity index (χ2v) is 9.98. The Morgan fingerprint density at radius 3 is 2.51 bits per heavy atom. The van der Waals surface area contributed by atoms with Crippen LogP contribution in [0.3, 0.4) is 0 Å². The molecule has 0 bridgehead atoms. The van der Waals surface area contributed by atoms with Crippen LogP contribution in [0.15, 0.2) is 55.2 Å². The first-order valence-electron chi connectivity index (χ1n) is 11.8. The van der Waals surface area contributed by atoms with Crippen LogP contribution in [0.2, 0.25) is 0 Å². The third-order valence-corrected chi connectivity index (χ3v) is 6.25. The standard InChI is InChI=1S/C23H27B3N8O/c1-32-4-6-33(7-5-32)21-10-15(2-3-27-21)22(35)31-20-9-16-8-17(11-28-19(16)13-29-20)18-12-30-34(14-18)23(24,25)26/h2-3,8-14H,4-7,24-26H2,1H3,(H,29,31,35). The first kappa shape index (κ1) is 23.1. The predicted molar refractivity (Wildman–Crippen MR) is 146 cm³/mol. The molecule has 1 fully saturated rings. The number of nitrogens with zero attached hydrogens (tertiary/aromatic N) is 7. The van der Waals surface area contributed by atoms with Gasteiger partial charge in [-0.25, -0.2) is 9.97 Å². The predicted octanol–water partition coefficient (Wildman–Crippen LogP) is -0.640. The van der Waals surface area contributed by atoms with Crippen molar-refractivity contribution in [2.45, 2.75) is 5.24 Å². The topological polar surface area (TPSA) is 92.1 Å². The number of rotatable bonds is 5. The van der Waals surface area contributed by atoms with Crippen molar-refractivity contribution in [3.63, 3.8) is 0 Å². The lowest BCUT2D eigenvalue weighted by molar-refractivity contribution is 0.102. The fourth-order valence-corrected chi connectivity index (χ4v) is 4.05. The van der Waals surface area contributed by atoms with Crippen molar-refractivity contribution in [3.05, 3.63) is 60.8 Å². The second-order valence-electron chi connectivity index (χ2n) is 9.98. The molecular formula is C23H27B3N8O. The Kier molecular flexibility index (Phi) is 6.06.